The van der Waals surface area contributed by atoms with Crippen LogP contribution in [-0.2, 0) is 6.54 Å². The van der Waals surface area contributed by atoms with E-state index in [1.54, 1.807) is 0 Å². The second-order valence-electron chi connectivity index (χ2n) is 4.21. The molecular weight excluding hydrogens is 226 g/mol. The van der Waals surface area contributed by atoms with Crippen LogP contribution in [0.15, 0.2) is 18.5 Å². The van der Waals surface area contributed by atoms with E-state index < -0.39 is 0 Å². The van der Waals surface area contributed by atoms with E-state index in [4.69, 9.17) is 0 Å². The van der Waals surface area contributed by atoms with Crippen LogP contribution in [0.2, 0.25) is 0 Å². The molecule has 2 aromatic heterocycles. The van der Waals surface area contributed by atoms with E-state index in [2.05, 4.69) is 34.2 Å². The molecule has 0 bridgehead atoms. The molecule has 0 saturated carbocycles. The molecule has 0 saturated heterocycles. The molecule has 1 N–H and O–H groups in total. The first kappa shape index (κ1) is 12.5. The van der Waals surface area contributed by atoms with Gasteiger partial charge >= 0.3 is 0 Å². The highest BCUT2D eigenvalue weighted by atomic mass is 15.3. The molecule has 2 aromatic rings. The Labute approximate surface area is 107 Å². The standard InChI is InChI=1S/C13H19N5/c1-4-6-18-9-11(8-15-18)12-7-13(14-5-2)17-10(3)16-12/h7-9H,4-6H2,1-3H3,(H,14,16,17). The van der Waals surface area contributed by atoms with Gasteiger partial charge in [-0.15, -0.1) is 0 Å². The van der Waals surface area contributed by atoms with E-state index in [1.165, 1.54) is 0 Å². The van der Waals surface area contributed by atoms with E-state index in [-0.39, 0.29) is 0 Å². The van der Waals surface area contributed by atoms with E-state index in [9.17, 15) is 0 Å². The number of aryl methyl sites for hydroxylation is 2. The molecule has 0 amide bonds. The maximum Gasteiger partial charge on any atom is 0.130 e. The lowest BCUT2D eigenvalue weighted by Gasteiger charge is -2.05. The van der Waals surface area contributed by atoms with E-state index in [0.29, 0.717) is 0 Å². The van der Waals surface area contributed by atoms with Gasteiger partial charge in [0.15, 0.2) is 0 Å². The Morgan fingerprint density at radius 2 is 2.11 bits per heavy atom. The highest BCUT2D eigenvalue weighted by Gasteiger charge is 2.06. The predicted octanol–water partition coefficient (Wildman–Crippen LogP) is 2.49. The quantitative estimate of drug-likeness (QED) is 0.879. The van der Waals surface area contributed by atoms with Gasteiger partial charge in [0.05, 0.1) is 11.9 Å². The van der Waals surface area contributed by atoms with Crippen LogP contribution >= 0.6 is 0 Å². The number of hydrogen-bond donors (Lipinski definition) is 1. The molecule has 0 fully saturated rings. The first-order valence-corrected chi connectivity index (χ1v) is 6.35. The fourth-order valence-electron chi connectivity index (χ4n) is 1.83. The Morgan fingerprint density at radius 3 is 2.83 bits per heavy atom. The van der Waals surface area contributed by atoms with E-state index in [0.717, 1.165) is 42.4 Å². The summed E-state index contributed by atoms with van der Waals surface area (Å²) in [7, 11) is 0. The summed E-state index contributed by atoms with van der Waals surface area (Å²) in [6.45, 7) is 7.88. The summed E-state index contributed by atoms with van der Waals surface area (Å²) >= 11 is 0. The zero-order valence-corrected chi connectivity index (χ0v) is 11.1. The lowest BCUT2D eigenvalue weighted by Crippen LogP contribution is -2.02. The molecule has 96 valence electrons. The molecule has 18 heavy (non-hydrogen) atoms. The number of rotatable bonds is 5. The second-order valence-corrected chi connectivity index (χ2v) is 4.21. The lowest BCUT2D eigenvalue weighted by molar-refractivity contribution is 0.603. The molecule has 2 heterocycles. The van der Waals surface area contributed by atoms with Gasteiger partial charge in [-0.1, -0.05) is 6.92 Å². The van der Waals surface area contributed by atoms with Crippen LogP contribution in [0.1, 0.15) is 26.1 Å². The molecule has 5 nitrogen and oxygen atoms in total. The van der Waals surface area contributed by atoms with Gasteiger partial charge in [-0.3, -0.25) is 4.68 Å². The second kappa shape index (κ2) is 5.62. The third-order valence-corrected chi connectivity index (χ3v) is 2.58. The molecule has 0 aromatic carbocycles. The Morgan fingerprint density at radius 1 is 1.28 bits per heavy atom. The highest BCUT2D eigenvalue weighted by molar-refractivity contribution is 5.60. The van der Waals surface area contributed by atoms with E-state index >= 15 is 0 Å². The van der Waals surface area contributed by atoms with Crippen molar-refractivity contribution >= 4 is 5.82 Å². The van der Waals surface area contributed by atoms with E-state index in [1.807, 2.05) is 30.1 Å². The molecule has 0 unspecified atom stereocenters. The lowest BCUT2D eigenvalue weighted by atomic mass is 10.2. The van der Waals surface area contributed by atoms with Gasteiger partial charge in [0.2, 0.25) is 0 Å². The minimum atomic E-state index is 0.770. The molecule has 0 aliphatic carbocycles. The van der Waals surface area contributed by atoms with Crippen molar-refractivity contribution in [3.05, 3.63) is 24.3 Å². The third kappa shape index (κ3) is 2.85. The van der Waals surface area contributed by atoms with Gasteiger partial charge in [0, 0.05) is 30.9 Å². The summed E-state index contributed by atoms with van der Waals surface area (Å²) in [5.74, 6) is 1.63. The number of hydrogen-bond acceptors (Lipinski definition) is 4. The van der Waals surface area contributed by atoms with Gasteiger partial charge in [-0.25, -0.2) is 9.97 Å². The highest BCUT2D eigenvalue weighted by Crippen LogP contribution is 2.19. The van der Waals surface area contributed by atoms with Crippen LogP contribution in [-0.4, -0.2) is 26.3 Å². The third-order valence-electron chi connectivity index (χ3n) is 2.58. The molecule has 5 heteroatoms. The summed E-state index contributed by atoms with van der Waals surface area (Å²) in [5.41, 5.74) is 1.95. The zero-order chi connectivity index (χ0) is 13.0. The summed E-state index contributed by atoms with van der Waals surface area (Å²) in [6, 6.07) is 1.96. The van der Waals surface area contributed by atoms with Crippen molar-refractivity contribution in [3.8, 4) is 11.3 Å². The summed E-state index contributed by atoms with van der Waals surface area (Å²) < 4.78 is 1.94. The Balaban J connectivity index is 2.30. The molecule has 0 radical (unpaired) electrons. The fourth-order valence-corrected chi connectivity index (χ4v) is 1.83. The van der Waals surface area contributed by atoms with Gasteiger partial charge in [0.1, 0.15) is 11.6 Å². The van der Waals surface area contributed by atoms with Crippen molar-refractivity contribution in [1.29, 1.82) is 0 Å². The number of aromatic nitrogens is 4. The van der Waals surface area contributed by atoms with Gasteiger partial charge < -0.3 is 5.32 Å². The minimum Gasteiger partial charge on any atom is -0.370 e. The average molecular weight is 245 g/mol. The molecular formula is C13H19N5. The number of nitrogens with one attached hydrogen (secondary N) is 1. The van der Waals surface area contributed by atoms with Crippen LogP contribution in [0.4, 0.5) is 5.82 Å². The molecule has 0 atom stereocenters. The summed E-state index contributed by atoms with van der Waals surface area (Å²) in [5, 5.41) is 7.54. The Kier molecular flexibility index (Phi) is 3.92. The summed E-state index contributed by atoms with van der Waals surface area (Å²) in [4.78, 5) is 8.80. The van der Waals surface area contributed by atoms with Crippen LogP contribution in [0.5, 0.6) is 0 Å². The van der Waals surface area contributed by atoms with Crippen LogP contribution in [0.3, 0.4) is 0 Å². The Bertz CT molecular complexity index is 518. The maximum absolute atomic E-state index is 4.46. The fraction of sp³-hybridized carbons (Fsp3) is 0.462. The van der Waals surface area contributed by atoms with Crippen LogP contribution in [0, 0.1) is 6.92 Å². The normalized spacial score (nSPS) is 10.6. The van der Waals surface area contributed by atoms with Gasteiger partial charge in [-0.2, -0.15) is 5.10 Å². The predicted molar refractivity (Wildman–Crippen MR) is 72.4 cm³/mol. The largest absolute Gasteiger partial charge is 0.370 e. The van der Waals surface area contributed by atoms with Crippen molar-refractivity contribution in [2.45, 2.75) is 33.7 Å². The average Bonchev–Trinajstić information content (AvgIpc) is 2.78. The monoisotopic (exact) mass is 245 g/mol. The molecule has 0 spiro atoms. The zero-order valence-electron chi connectivity index (χ0n) is 11.1. The Hall–Kier alpha value is -1.91. The van der Waals surface area contributed by atoms with Crippen molar-refractivity contribution < 1.29 is 0 Å². The van der Waals surface area contributed by atoms with Gasteiger partial charge in [0.25, 0.3) is 0 Å². The van der Waals surface area contributed by atoms with Crippen molar-refractivity contribution in [1.82, 2.24) is 19.7 Å². The summed E-state index contributed by atoms with van der Waals surface area (Å²) in [6.07, 6.45) is 4.96. The topological polar surface area (TPSA) is 55.6 Å². The maximum atomic E-state index is 4.46. The molecule has 0 aliphatic heterocycles. The number of anilines is 1. The first-order chi connectivity index (χ1) is 8.72. The smallest absolute Gasteiger partial charge is 0.130 e. The first-order valence-electron chi connectivity index (χ1n) is 6.35. The van der Waals surface area contributed by atoms with Crippen LogP contribution in [0.25, 0.3) is 11.3 Å². The van der Waals surface area contributed by atoms with Crippen molar-refractivity contribution in [2.75, 3.05) is 11.9 Å². The van der Waals surface area contributed by atoms with Crippen LogP contribution < -0.4 is 5.32 Å². The number of nitrogens with zero attached hydrogens (tertiary/aromatic N) is 4. The van der Waals surface area contributed by atoms with Crippen molar-refractivity contribution in [2.24, 2.45) is 0 Å². The van der Waals surface area contributed by atoms with Crippen molar-refractivity contribution in [3.63, 3.8) is 0 Å². The molecule has 0 aliphatic rings. The van der Waals surface area contributed by atoms with Gasteiger partial charge in [-0.05, 0) is 20.3 Å². The molecule has 2 rings (SSSR count). The SMILES string of the molecule is CCCn1cc(-c2cc(NCC)nc(C)n2)cn1. The minimum absolute atomic E-state index is 0.770.